The van der Waals surface area contributed by atoms with Crippen molar-refractivity contribution >= 4 is 44.7 Å². The SMILES string of the molecule is CC(=O)N1CCc2cc(S(=O)(=O)n3cc(C4=CCNCC4)c4ncccc43)ccc21.O=CO. The zero-order valence-electron chi connectivity index (χ0n) is 18.1. The van der Waals surface area contributed by atoms with Crippen LogP contribution in [0.2, 0.25) is 0 Å². The number of fused-ring (bicyclic) bond motifs is 2. The van der Waals surface area contributed by atoms with E-state index in [0.29, 0.717) is 24.0 Å². The van der Waals surface area contributed by atoms with E-state index in [-0.39, 0.29) is 17.3 Å². The van der Waals surface area contributed by atoms with Crippen LogP contribution in [0.15, 0.2) is 53.7 Å². The molecule has 0 spiro atoms. The number of aromatic nitrogens is 2. The summed E-state index contributed by atoms with van der Waals surface area (Å²) >= 11 is 0. The van der Waals surface area contributed by atoms with Crippen molar-refractivity contribution in [2.45, 2.75) is 24.7 Å². The van der Waals surface area contributed by atoms with Crippen LogP contribution in [-0.4, -0.2) is 54.5 Å². The number of carbonyl (C=O) groups is 2. The highest BCUT2D eigenvalue weighted by atomic mass is 32.2. The summed E-state index contributed by atoms with van der Waals surface area (Å²) in [5.41, 5.74) is 4.90. The molecule has 0 atom stereocenters. The molecule has 0 aliphatic carbocycles. The molecule has 0 saturated carbocycles. The zero-order chi connectivity index (χ0) is 23.6. The van der Waals surface area contributed by atoms with Crippen molar-refractivity contribution in [3.8, 4) is 0 Å². The second-order valence-electron chi connectivity index (χ2n) is 7.71. The van der Waals surface area contributed by atoms with E-state index in [1.807, 2.05) is 0 Å². The number of carboxylic acid groups (broad SMARTS) is 1. The third kappa shape index (κ3) is 4.14. The normalized spacial score (nSPS) is 15.4. The highest BCUT2D eigenvalue weighted by molar-refractivity contribution is 7.90. The molecule has 172 valence electrons. The maximum atomic E-state index is 13.6. The Hall–Kier alpha value is -3.50. The van der Waals surface area contributed by atoms with Crippen LogP contribution >= 0.6 is 0 Å². The van der Waals surface area contributed by atoms with E-state index < -0.39 is 10.0 Å². The van der Waals surface area contributed by atoms with E-state index in [1.165, 1.54) is 10.9 Å². The predicted octanol–water partition coefficient (Wildman–Crippen LogP) is 2.26. The van der Waals surface area contributed by atoms with Crippen molar-refractivity contribution in [2.75, 3.05) is 24.5 Å². The van der Waals surface area contributed by atoms with Gasteiger partial charge in [-0.2, -0.15) is 0 Å². The molecule has 2 N–H and O–H groups in total. The molecule has 0 unspecified atom stereocenters. The van der Waals surface area contributed by atoms with Gasteiger partial charge in [0.1, 0.15) is 0 Å². The molecule has 10 heteroatoms. The number of anilines is 1. The number of amides is 1. The smallest absolute Gasteiger partial charge is 0.290 e. The molecule has 0 saturated heterocycles. The fourth-order valence-corrected chi connectivity index (χ4v) is 5.72. The van der Waals surface area contributed by atoms with Gasteiger partial charge in [-0.15, -0.1) is 0 Å². The molecule has 2 aromatic heterocycles. The number of hydrogen-bond acceptors (Lipinski definition) is 6. The lowest BCUT2D eigenvalue weighted by atomic mass is 10.0. The minimum Gasteiger partial charge on any atom is -0.483 e. The Labute approximate surface area is 191 Å². The summed E-state index contributed by atoms with van der Waals surface area (Å²) in [6.07, 6.45) is 6.96. The van der Waals surface area contributed by atoms with Crippen molar-refractivity contribution in [1.29, 1.82) is 0 Å². The van der Waals surface area contributed by atoms with Crippen LogP contribution in [0.4, 0.5) is 5.69 Å². The minimum absolute atomic E-state index is 0.0354. The van der Waals surface area contributed by atoms with Gasteiger partial charge in [-0.25, -0.2) is 12.4 Å². The Morgan fingerprint density at radius 2 is 2.03 bits per heavy atom. The number of benzene rings is 1. The first-order valence-electron chi connectivity index (χ1n) is 10.5. The number of hydrogen-bond donors (Lipinski definition) is 2. The highest BCUT2D eigenvalue weighted by Gasteiger charge is 2.27. The molecule has 5 rings (SSSR count). The van der Waals surface area contributed by atoms with Crippen LogP contribution in [0.1, 0.15) is 24.5 Å². The van der Waals surface area contributed by atoms with Crippen molar-refractivity contribution in [1.82, 2.24) is 14.3 Å². The molecule has 9 nitrogen and oxygen atoms in total. The minimum atomic E-state index is -3.81. The summed E-state index contributed by atoms with van der Waals surface area (Å²) in [4.78, 5) is 26.5. The molecule has 3 aromatic rings. The van der Waals surface area contributed by atoms with Crippen LogP contribution in [0.5, 0.6) is 0 Å². The average Bonchev–Trinajstić information content (AvgIpc) is 3.42. The third-order valence-corrected chi connectivity index (χ3v) is 7.49. The lowest BCUT2D eigenvalue weighted by molar-refractivity contribution is -0.123. The maximum Gasteiger partial charge on any atom is 0.290 e. The molecular weight excluding hydrogens is 444 g/mol. The lowest BCUT2D eigenvalue weighted by Gasteiger charge is -2.15. The number of pyridine rings is 1. The monoisotopic (exact) mass is 468 g/mol. The summed E-state index contributed by atoms with van der Waals surface area (Å²) in [6, 6.07) is 8.55. The molecular formula is C23H24N4O5S. The quantitative estimate of drug-likeness (QED) is 0.566. The predicted molar refractivity (Wildman–Crippen MR) is 125 cm³/mol. The van der Waals surface area contributed by atoms with E-state index in [0.717, 1.165) is 41.9 Å². The van der Waals surface area contributed by atoms with E-state index in [2.05, 4.69) is 16.4 Å². The van der Waals surface area contributed by atoms with Gasteiger partial charge in [0, 0.05) is 43.7 Å². The van der Waals surface area contributed by atoms with Gasteiger partial charge in [-0.3, -0.25) is 14.6 Å². The molecule has 1 amide bonds. The Kier molecular flexibility index (Phi) is 6.30. The zero-order valence-corrected chi connectivity index (χ0v) is 18.9. The second kappa shape index (κ2) is 9.16. The molecule has 2 aliphatic heterocycles. The average molecular weight is 469 g/mol. The van der Waals surface area contributed by atoms with Crippen LogP contribution in [0, 0.1) is 0 Å². The van der Waals surface area contributed by atoms with Gasteiger partial charge >= 0.3 is 0 Å². The van der Waals surface area contributed by atoms with Crippen LogP contribution in [0.25, 0.3) is 16.6 Å². The maximum absolute atomic E-state index is 13.6. The first kappa shape index (κ1) is 22.7. The van der Waals surface area contributed by atoms with Gasteiger partial charge < -0.3 is 15.3 Å². The Balaban J connectivity index is 0.000000821. The lowest BCUT2D eigenvalue weighted by Crippen LogP contribution is -2.25. The fourth-order valence-electron chi connectivity index (χ4n) is 4.31. The highest BCUT2D eigenvalue weighted by Crippen LogP contribution is 2.34. The number of nitrogens with zero attached hydrogens (tertiary/aromatic N) is 3. The van der Waals surface area contributed by atoms with E-state index >= 15 is 0 Å². The summed E-state index contributed by atoms with van der Waals surface area (Å²) in [5, 5.41) is 10.2. The molecule has 1 aromatic carbocycles. The van der Waals surface area contributed by atoms with Gasteiger partial charge in [-0.1, -0.05) is 6.08 Å². The summed E-state index contributed by atoms with van der Waals surface area (Å²) in [6.45, 7) is 3.47. The first-order chi connectivity index (χ1) is 15.9. The Morgan fingerprint density at radius 1 is 1.24 bits per heavy atom. The summed E-state index contributed by atoms with van der Waals surface area (Å²) in [5.74, 6) is -0.0354. The Morgan fingerprint density at radius 3 is 2.73 bits per heavy atom. The molecule has 2 aliphatic rings. The summed E-state index contributed by atoms with van der Waals surface area (Å²) < 4.78 is 28.5. The molecule has 4 heterocycles. The number of carbonyl (C=O) groups excluding carboxylic acids is 1. The molecule has 0 bridgehead atoms. The molecule has 0 fully saturated rings. The first-order valence-corrected chi connectivity index (χ1v) is 11.9. The van der Waals surface area contributed by atoms with Crippen LogP contribution in [0.3, 0.4) is 0 Å². The second-order valence-corrected chi connectivity index (χ2v) is 9.53. The van der Waals surface area contributed by atoms with Gasteiger partial charge in [0.05, 0.1) is 15.9 Å². The largest absolute Gasteiger partial charge is 0.483 e. The third-order valence-electron chi connectivity index (χ3n) is 5.82. The fraction of sp³-hybridized carbons (Fsp3) is 0.261. The van der Waals surface area contributed by atoms with Gasteiger partial charge in [-0.05, 0) is 60.9 Å². The summed E-state index contributed by atoms with van der Waals surface area (Å²) in [7, 11) is -3.81. The van der Waals surface area contributed by atoms with E-state index in [4.69, 9.17) is 9.90 Å². The van der Waals surface area contributed by atoms with Gasteiger partial charge in [0.25, 0.3) is 16.5 Å². The standard InChI is InChI=1S/C22H22N4O3S.CH2O2/c1-15(27)25-12-8-17-13-18(4-5-20(17)25)30(28,29)26-14-19(16-6-10-23-11-7-16)22-21(26)3-2-9-24-22;2-1-3/h2-6,9,13-14,23H,7-8,10-12H2,1H3;1H,(H,2,3). The number of rotatable bonds is 3. The van der Waals surface area contributed by atoms with E-state index in [9.17, 15) is 13.2 Å². The van der Waals surface area contributed by atoms with Crippen LogP contribution in [-0.2, 0) is 26.0 Å². The van der Waals surface area contributed by atoms with Gasteiger partial charge in [0.2, 0.25) is 5.91 Å². The van der Waals surface area contributed by atoms with Crippen molar-refractivity contribution in [3.05, 3.63) is 59.9 Å². The van der Waals surface area contributed by atoms with Gasteiger partial charge in [0.15, 0.2) is 0 Å². The van der Waals surface area contributed by atoms with E-state index in [1.54, 1.807) is 47.6 Å². The number of nitrogens with one attached hydrogen (secondary N) is 1. The van der Waals surface area contributed by atoms with Crippen molar-refractivity contribution in [2.24, 2.45) is 0 Å². The Bertz CT molecular complexity index is 1360. The molecule has 33 heavy (non-hydrogen) atoms. The topological polar surface area (TPSA) is 122 Å². The van der Waals surface area contributed by atoms with Crippen LogP contribution < -0.4 is 10.2 Å². The molecule has 0 radical (unpaired) electrons. The van der Waals surface area contributed by atoms with Crippen molar-refractivity contribution in [3.63, 3.8) is 0 Å². The van der Waals surface area contributed by atoms with Crippen molar-refractivity contribution < 1.29 is 23.1 Å².